The molecule has 1 atom stereocenters. The fraction of sp³-hybridized carbons (Fsp3) is 0.357. The van der Waals surface area contributed by atoms with Crippen LogP contribution in [0.15, 0.2) is 29.2 Å². The minimum atomic E-state index is 0.0517. The van der Waals surface area contributed by atoms with E-state index >= 15 is 0 Å². The maximum Gasteiger partial charge on any atom is 0.234 e. The molecule has 0 spiro atoms. The van der Waals surface area contributed by atoms with Crippen LogP contribution >= 0.6 is 11.8 Å². The fourth-order valence-corrected chi connectivity index (χ4v) is 2.50. The van der Waals surface area contributed by atoms with Gasteiger partial charge in [0.05, 0.1) is 7.11 Å². The Bertz CT molecular complexity index is 478. The number of ether oxygens (including phenoxy) is 1. The number of thioether (sulfide) groups is 1. The first-order valence-electron chi connectivity index (χ1n) is 6.17. The molecular formula is C14H18N2O2S. The van der Waals surface area contributed by atoms with E-state index in [0.29, 0.717) is 6.42 Å². The van der Waals surface area contributed by atoms with Gasteiger partial charge in [0.1, 0.15) is 5.75 Å². The quantitative estimate of drug-likeness (QED) is 0.829. The maximum absolute atomic E-state index is 11.0. The van der Waals surface area contributed by atoms with Crippen molar-refractivity contribution in [2.24, 2.45) is 0 Å². The van der Waals surface area contributed by atoms with E-state index in [1.807, 2.05) is 12.1 Å². The number of amides is 1. The molecule has 2 rings (SSSR count). The molecule has 102 valence electrons. The number of benzene rings is 1. The summed E-state index contributed by atoms with van der Waals surface area (Å²) in [4.78, 5) is 12.3. The molecular weight excluding hydrogens is 260 g/mol. The Morgan fingerprint density at radius 3 is 2.95 bits per heavy atom. The van der Waals surface area contributed by atoms with Crippen molar-refractivity contribution in [1.82, 2.24) is 10.9 Å². The number of methoxy groups -OCH3 is 1. The number of hydrazine groups is 1. The lowest BCUT2D eigenvalue weighted by Gasteiger charge is -2.20. The van der Waals surface area contributed by atoms with Gasteiger partial charge in [-0.3, -0.25) is 10.2 Å². The molecule has 1 aliphatic rings. The van der Waals surface area contributed by atoms with Crippen molar-refractivity contribution in [1.29, 1.82) is 0 Å². The molecule has 1 saturated heterocycles. The van der Waals surface area contributed by atoms with Gasteiger partial charge in [-0.15, -0.1) is 11.8 Å². The topological polar surface area (TPSA) is 50.4 Å². The minimum absolute atomic E-state index is 0.0517. The van der Waals surface area contributed by atoms with Crippen LogP contribution in [0.3, 0.4) is 0 Å². The SMILES string of the molecule is COc1ccc(SC)c(/C=C/C2CCC(=O)NN2)c1. The van der Waals surface area contributed by atoms with Gasteiger partial charge in [-0.1, -0.05) is 12.2 Å². The van der Waals surface area contributed by atoms with Gasteiger partial charge in [0.15, 0.2) is 0 Å². The van der Waals surface area contributed by atoms with Crippen molar-refractivity contribution in [2.75, 3.05) is 13.4 Å². The summed E-state index contributed by atoms with van der Waals surface area (Å²) in [6, 6.07) is 6.21. The highest BCUT2D eigenvalue weighted by molar-refractivity contribution is 7.98. The van der Waals surface area contributed by atoms with E-state index in [1.54, 1.807) is 18.9 Å². The largest absolute Gasteiger partial charge is 0.497 e. The number of nitrogens with one attached hydrogen (secondary N) is 2. The van der Waals surface area contributed by atoms with Gasteiger partial charge in [-0.2, -0.15) is 0 Å². The second-order valence-electron chi connectivity index (χ2n) is 4.30. The van der Waals surface area contributed by atoms with E-state index in [2.05, 4.69) is 35.3 Å². The van der Waals surface area contributed by atoms with Crippen LogP contribution in [0.5, 0.6) is 5.75 Å². The smallest absolute Gasteiger partial charge is 0.234 e. The Morgan fingerprint density at radius 2 is 2.32 bits per heavy atom. The van der Waals surface area contributed by atoms with Crippen molar-refractivity contribution in [3.63, 3.8) is 0 Å². The lowest BCUT2D eigenvalue weighted by molar-refractivity contribution is -0.123. The van der Waals surface area contributed by atoms with E-state index in [9.17, 15) is 4.79 Å². The highest BCUT2D eigenvalue weighted by Crippen LogP contribution is 2.26. The summed E-state index contributed by atoms with van der Waals surface area (Å²) < 4.78 is 5.24. The summed E-state index contributed by atoms with van der Waals surface area (Å²) in [5.41, 5.74) is 6.76. The zero-order chi connectivity index (χ0) is 13.7. The second kappa shape index (κ2) is 6.63. The fourth-order valence-electron chi connectivity index (χ4n) is 1.93. The van der Waals surface area contributed by atoms with E-state index in [-0.39, 0.29) is 11.9 Å². The van der Waals surface area contributed by atoms with E-state index in [4.69, 9.17) is 4.74 Å². The summed E-state index contributed by atoms with van der Waals surface area (Å²) in [6.07, 6.45) is 7.59. The molecule has 4 nitrogen and oxygen atoms in total. The molecule has 1 aromatic carbocycles. The number of rotatable bonds is 4. The van der Waals surface area contributed by atoms with Crippen LogP contribution in [-0.4, -0.2) is 25.3 Å². The molecule has 1 heterocycles. The van der Waals surface area contributed by atoms with E-state index in [1.165, 1.54) is 4.90 Å². The van der Waals surface area contributed by atoms with Crippen molar-refractivity contribution in [3.8, 4) is 5.75 Å². The summed E-state index contributed by atoms with van der Waals surface area (Å²) in [7, 11) is 1.67. The van der Waals surface area contributed by atoms with Crippen molar-refractivity contribution >= 4 is 23.7 Å². The summed E-state index contributed by atoms with van der Waals surface area (Å²) in [5.74, 6) is 0.901. The molecule has 5 heteroatoms. The van der Waals surface area contributed by atoms with Crippen LogP contribution < -0.4 is 15.6 Å². The van der Waals surface area contributed by atoms with Gasteiger partial charge in [-0.25, -0.2) is 5.43 Å². The Labute approximate surface area is 117 Å². The third-order valence-electron chi connectivity index (χ3n) is 3.02. The van der Waals surface area contributed by atoms with Crippen molar-refractivity contribution in [3.05, 3.63) is 29.8 Å². The second-order valence-corrected chi connectivity index (χ2v) is 5.15. The van der Waals surface area contributed by atoms with E-state index in [0.717, 1.165) is 17.7 Å². The van der Waals surface area contributed by atoms with E-state index < -0.39 is 0 Å². The van der Waals surface area contributed by atoms with Crippen LogP contribution in [0.2, 0.25) is 0 Å². The van der Waals surface area contributed by atoms with Crippen LogP contribution in [0.4, 0.5) is 0 Å². The molecule has 1 aliphatic heterocycles. The first-order valence-corrected chi connectivity index (χ1v) is 7.40. The first-order chi connectivity index (χ1) is 9.22. The molecule has 0 saturated carbocycles. The number of carbonyl (C=O) groups excluding carboxylic acids is 1. The zero-order valence-corrected chi connectivity index (χ0v) is 11.9. The van der Waals surface area contributed by atoms with Crippen LogP contribution in [-0.2, 0) is 4.79 Å². The highest BCUT2D eigenvalue weighted by Gasteiger charge is 2.14. The normalized spacial score (nSPS) is 19.5. The van der Waals surface area contributed by atoms with Crippen LogP contribution in [0.25, 0.3) is 6.08 Å². The molecule has 1 unspecified atom stereocenters. The van der Waals surface area contributed by atoms with Crippen LogP contribution in [0, 0.1) is 0 Å². The monoisotopic (exact) mass is 278 g/mol. The minimum Gasteiger partial charge on any atom is -0.497 e. The Kier molecular flexibility index (Phi) is 4.87. The molecule has 1 fully saturated rings. The highest BCUT2D eigenvalue weighted by atomic mass is 32.2. The molecule has 0 radical (unpaired) electrons. The Hall–Kier alpha value is -1.46. The summed E-state index contributed by atoms with van der Waals surface area (Å²) in [6.45, 7) is 0. The van der Waals surface area contributed by atoms with Gasteiger partial charge in [0.2, 0.25) is 5.91 Å². The molecule has 0 bridgehead atoms. The van der Waals surface area contributed by atoms with Gasteiger partial charge >= 0.3 is 0 Å². The summed E-state index contributed by atoms with van der Waals surface area (Å²) >= 11 is 1.70. The predicted octanol–water partition coefficient (Wildman–Crippen LogP) is 2.21. The van der Waals surface area contributed by atoms with Gasteiger partial charge < -0.3 is 4.74 Å². The lowest BCUT2D eigenvalue weighted by Crippen LogP contribution is -2.48. The third-order valence-corrected chi connectivity index (χ3v) is 3.84. The first kappa shape index (κ1) is 14.0. The Balaban J connectivity index is 2.10. The molecule has 19 heavy (non-hydrogen) atoms. The zero-order valence-electron chi connectivity index (χ0n) is 11.1. The molecule has 0 aliphatic carbocycles. The van der Waals surface area contributed by atoms with Gasteiger partial charge in [0, 0.05) is 17.4 Å². The van der Waals surface area contributed by atoms with Crippen molar-refractivity contribution in [2.45, 2.75) is 23.8 Å². The van der Waals surface area contributed by atoms with Gasteiger partial charge in [-0.05, 0) is 36.4 Å². The predicted molar refractivity (Wildman–Crippen MR) is 78.1 cm³/mol. The standard InChI is InChI=1S/C14H18N2O2S/c1-18-12-6-7-13(19-2)10(9-12)3-4-11-5-8-14(17)16-15-11/h3-4,6-7,9,11,15H,5,8H2,1-2H3,(H,16,17)/b4-3+. The average Bonchev–Trinajstić information content (AvgIpc) is 2.46. The average molecular weight is 278 g/mol. The Morgan fingerprint density at radius 1 is 1.47 bits per heavy atom. The van der Waals surface area contributed by atoms with Crippen LogP contribution in [0.1, 0.15) is 18.4 Å². The van der Waals surface area contributed by atoms with Crippen molar-refractivity contribution < 1.29 is 9.53 Å². The molecule has 1 aromatic rings. The van der Waals surface area contributed by atoms with Gasteiger partial charge in [0.25, 0.3) is 0 Å². The number of hydrogen-bond acceptors (Lipinski definition) is 4. The number of carbonyl (C=O) groups is 1. The third kappa shape index (κ3) is 3.75. The number of hydrogen-bond donors (Lipinski definition) is 2. The summed E-state index contributed by atoms with van der Waals surface area (Å²) in [5, 5.41) is 0. The molecule has 1 amide bonds. The molecule has 0 aromatic heterocycles. The lowest BCUT2D eigenvalue weighted by atomic mass is 10.1. The molecule has 2 N–H and O–H groups in total. The maximum atomic E-state index is 11.0.